The molecule has 0 radical (unpaired) electrons. The number of morpholine rings is 1. The summed E-state index contributed by atoms with van der Waals surface area (Å²) in [7, 11) is -7.53. The molecule has 1 saturated heterocycles. The molecule has 3 aromatic carbocycles. The number of carbonyl (C=O) groups is 1. The smallest absolute Gasteiger partial charge is 0.261 e. The van der Waals surface area contributed by atoms with Gasteiger partial charge in [-0.15, -0.1) is 0 Å². The maximum Gasteiger partial charge on any atom is 0.261 e. The van der Waals surface area contributed by atoms with Crippen molar-refractivity contribution >= 4 is 48.9 Å². The van der Waals surface area contributed by atoms with Crippen LogP contribution in [0.25, 0.3) is 0 Å². The zero-order valence-electron chi connectivity index (χ0n) is 19.3. The minimum absolute atomic E-state index is 0.0470. The fraction of sp³-hybridized carbons (Fsp3) is 0.208. The summed E-state index contributed by atoms with van der Waals surface area (Å²) < 4.78 is 59.9. The van der Waals surface area contributed by atoms with Crippen LogP contribution in [0.5, 0.6) is 0 Å². The molecule has 0 bridgehead atoms. The minimum Gasteiger partial charge on any atom is -0.379 e. The van der Waals surface area contributed by atoms with Gasteiger partial charge in [0, 0.05) is 24.5 Å². The van der Waals surface area contributed by atoms with E-state index in [-0.39, 0.29) is 39.2 Å². The van der Waals surface area contributed by atoms with Gasteiger partial charge in [-0.2, -0.15) is 4.31 Å². The molecule has 0 saturated carbocycles. The van der Waals surface area contributed by atoms with E-state index in [1.165, 1.54) is 58.9 Å². The van der Waals surface area contributed by atoms with E-state index in [0.717, 1.165) is 5.56 Å². The summed E-state index contributed by atoms with van der Waals surface area (Å²) in [6, 6.07) is 16.3. The molecule has 9 nitrogen and oxygen atoms in total. The Morgan fingerprint density at radius 3 is 2.08 bits per heavy atom. The second kappa shape index (κ2) is 10.6. The highest BCUT2D eigenvalue weighted by Crippen LogP contribution is 2.25. The van der Waals surface area contributed by atoms with Crippen LogP contribution in [0.2, 0.25) is 5.02 Å². The monoisotopic (exact) mass is 549 g/mol. The number of anilines is 2. The molecule has 1 amide bonds. The number of nitrogens with zero attached hydrogens (tertiary/aromatic N) is 1. The Bertz CT molecular complexity index is 1470. The summed E-state index contributed by atoms with van der Waals surface area (Å²) in [6.07, 6.45) is 0. The Hall–Kier alpha value is -2.96. The van der Waals surface area contributed by atoms with Crippen LogP contribution in [0.1, 0.15) is 15.9 Å². The van der Waals surface area contributed by atoms with Gasteiger partial charge in [-0.05, 0) is 61.5 Å². The predicted molar refractivity (Wildman–Crippen MR) is 137 cm³/mol. The topological polar surface area (TPSA) is 122 Å². The van der Waals surface area contributed by atoms with Gasteiger partial charge in [0.15, 0.2) is 0 Å². The van der Waals surface area contributed by atoms with E-state index < -0.39 is 26.0 Å². The number of amides is 1. The van der Waals surface area contributed by atoms with Gasteiger partial charge in [0.05, 0.1) is 33.6 Å². The van der Waals surface area contributed by atoms with Gasteiger partial charge < -0.3 is 10.1 Å². The molecule has 0 atom stereocenters. The van der Waals surface area contributed by atoms with Crippen LogP contribution in [0.15, 0.2) is 76.5 Å². The molecule has 0 unspecified atom stereocenters. The Labute approximate surface area is 215 Å². The lowest BCUT2D eigenvalue weighted by Crippen LogP contribution is -2.40. The van der Waals surface area contributed by atoms with Gasteiger partial charge in [-0.25, -0.2) is 16.8 Å². The summed E-state index contributed by atoms with van der Waals surface area (Å²) in [5, 5.41) is 2.78. The molecular formula is C24H24ClN3O6S2. The van der Waals surface area contributed by atoms with E-state index >= 15 is 0 Å². The van der Waals surface area contributed by atoms with Crippen LogP contribution in [-0.2, 0) is 24.8 Å². The predicted octanol–water partition coefficient (Wildman–Crippen LogP) is 3.72. The van der Waals surface area contributed by atoms with Crippen LogP contribution < -0.4 is 10.0 Å². The molecule has 36 heavy (non-hydrogen) atoms. The Kier molecular flexibility index (Phi) is 7.67. The van der Waals surface area contributed by atoms with Crippen molar-refractivity contribution in [2.75, 3.05) is 36.3 Å². The van der Waals surface area contributed by atoms with Crippen LogP contribution in [0.3, 0.4) is 0 Å². The maximum atomic E-state index is 12.9. The largest absolute Gasteiger partial charge is 0.379 e. The number of halogens is 1. The lowest BCUT2D eigenvalue weighted by atomic mass is 10.2. The lowest BCUT2D eigenvalue weighted by molar-refractivity contribution is 0.0730. The van der Waals surface area contributed by atoms with Gasteiger partial charge in [-0.1, -0.05) is 29.3 Å². The molecule has 0 aliphatic carbocycles. The second-order valence-electron chi connectivity index (χ2n) is 8.11. The molecule has 1 aliphatic heterocycles. The summed E-state index contributed by atoms with van der Waals surface area (Å²) in [6.45, 7) is 3.10. The quantitative estimate of drug-likeness (QED) is 0.463. The first kappa shape index (κ1) is 26.1. The average molecular weight is 550 g/mol. The highest BCUT2D eigenvalue weighted by atomic mass is 35.5. The third-order valence-corrected chi connectivity index (χ3v) is 9.15. The first-order valence-electron chi connectivity index (χ1n) is 10.9. The minimum atomic E-state index is -3.87. The normalized spacial score (nSPS) is 14.8. The van der Waals surface area contributed by atoms with E-state index in [9.17, 15) is 21.6 Å². The fourth-order valence-corrected chi connectivity index (χ4v) is 6.20. The zero-order chi connectivity index (χ0) is 25.9. The molecule has 0 spiro atoms. The summed E-state index contributed by atoms with van der Waals surface area (Å²) >= 11 is 6.20. The maximum absolute atomic E-state index is 12.9. The number of sulfonamides is 2. The van der Waals surface area contributed by atoms with Gasteiger partial charge in [0.2, 0.25) is 10.0 Å². The molecule has 190 valence electrons. The van der Waals surface area contributed by atoms with E-state index in [1.807, 2.05) is 6.92 Å². The van der Waals surface area contributed by atoms with Crippen LogP contribution in [-0.4, -0.2) is 53.4 Å². The van der Waals surface area contributed by atoms with Gasteiger partial charge in [-0.3, -0.25) is 9.52 Å². The molecule has 3 aromatic rings. The average Bonchev–Trinajstić information content (AvgIpc) is 2.86. The number of hydrogen-bond acceptors (Lipinski definition) is 6. The molecule has 1 heterocycles. The van der Waals surface area contributed by atoms with E-state index in [0.29, 0.717) is 18.9 Å². The van der Waals surface area contributed by atoms with E-state index in [2.05, 4.69) is 10.0 Å². The summed E-state index contributed by atoms with van der Waals surface area (Å²) in [4.78, 5) is 13.1. The van der Waals surface area contributed by atoms with Crippen molar-refractivity contribution in [1.82, 2.24) is 4.31 Å². The SMILES string of the molecule is Cc1ccc(S(=O)(=O)Nc2ccc(Cl)c(C(=O)Nc3ccc(S(=O)(=O)N4CCOCC4)cc3)c2)cc1. The lowest BCUT2D eigenvalue weighted by Gasteiger charge is -2.26. The van der Waals surface area contributed by atoms with Crippen molar-refractivity contribution in [3.63, 3.8) is 0 Å². The number of carbonyl (C=O) groups excluding carboxylic acids is 1. The van der Waals surface area contributed by atoms with Crippen molar-refractivity contribution in [3.05, 3.63) is 82.9 Å². The number of rotatable bonds is 7. The Morgan fingerprint density at radius 2 is 1.44 bits per heavy atom. The van der Waals surface area contributed by atoms with Crippen LogP contribution in [0.4, 0.5) is 11.4 Å². The molecule has 1 fully saturated rings. The molecule has 1 aliphatic rings. The van der Waals surface area contributed by atoms with Crippen molar-refractivity contribution in [1.29, 1.82) is 0 Å². The third kappa shape index (κ3) is 5.88. The van der Waals surface area contributed by atoms with Crippen LogP contribution >= 0.6 is 11.6 Å². The number of ether oxygens (including phenoxy) is 1. The van der Waals surface area contributed by atoms with Crippen molar-refractivity contribution < 1.29 is 26.4 Å². The van der Waals surface area contributed by atoms with Crippen molar-refractivity contribution in [2.24, 2.45) is 0 Å². The summed E-state index contributed by atoms with van der Waals surface area (Å²) in [5.41, 5.74) is 1.48. The third-order valence-electron chi connectivity index (χ3n) is 5.51. The standard InChI is InChI=1S/C24H24ClN3O6S2/c1-17-2-7-20(8-3-17)35(30,31)27-19-6-11-23(25)22(16-19)24(29)26-18-4-9-21(10-5-18)36(32,33)28-12-14-34-15-13-28/h2-11,16,27H,12-15H2,1H3,(H,26,29). The highest BCUT2D eigenvalue weighted by molar-refractivity contribution is 7.92. The highest BCUT2D eigenvalue weighted by Gasteiger charge is 2.26. The second-order valence-corrected chi connectivity index (χ2v) is 12.1. The van der Waals surface area contributed by atoms with Gasteiger partial charge in [0.1, 0.15) is 0 Å². The number of nitrogens with one attached hydrogen (secondary N) is 2. The van der Waals surface area contributed by atoms with Crippen LogP contribution in [0, 0.1) is 6.92 Å². The van der Waals surface area contributed by atoms with E-state index in [1.54, 1.807) is 12.1 Å². The number of hydrogen-bond donors (Lipinski definition) is 2. The zero-order valence-corrected chi connectivity index (χ0v) is 21.7. The fourth-order valence-electron chi connectivity index (χ4n) is 3.54. The molecule has 0 aromatic heterocycles. The molecular weight excluding hydrogens is 526 g/mol. The van der Waals surface area contributed by atoms with Gasteiger partial charge >= 0.3 is 0 Å². The van der Waals surface area contributed by atoms with Crippen molar-refractivity contribution in [2.45, 2.75) is 16.7 Å². The summed E-state index contributed by atoms with van der Waals surface area (Å²) in [5.74, 6) is -0.583. The van der Waals surface area contributed by atoms with Gasteiger partial charge in [0.25, 0.3) is 15.9 Å². The Morgan fingerprint density at radius 1 is 0.861 bits per heavy atom. The first-order chi connectivity index (χ1) is 17.1. The first-order valence-corrected chi connectivity index (χ1v) is 14.2. The number of benzene rings is 3. The molecule has 2 N–H and O–H groups in total. The van der Waals surface area contributed by atoms with Crippen molar-refractivity contribution in [3.8, 4) is 0 Å². The number of aryl methyl sites for hydroxylation is 1. The molecule has 12 heteroatoms. The Balaban J connectivity index is 1.49. The van der Waals surface area contributed by atoms with E-state index in [4.69, 9.17) is 16.3 Å². The molecule has 4 rings (SSSR count).